The molecular weight excluding hydrogens is 318 g/mol. The second kappa shape index (κ2) is 5.82. The van der Waals surface area contributed by atoms with E-state index in [1.165, 1.54) is 4.68 Å². The molecule has 25 heavy (non-hydrogen) atoms. The van der Waals surface area contributed by atoms with Crippen molar-refractivity contribution in [3.8, 4) is 11.3 Å². The first-order valence-corrected chi connectivity index (χ1v) is 7.68. The van der Waals surface area contributed by atoms with Gasteiger partial charge >= 0.3 is 0 Å². The van der Waals surface area contributed by atoms with E-state index in [-0.39, 0.29) is 11.6 Å². The van der Waals surface area contributed by atoms with Gasteiger partial charge < -0.3 is 5.32 Å². The lowest BCUT2D eigenvalue weighted by Crippen LogP contribution is -2.13. The predicted molar refractivity (Wildman–Crippen MR) is 92.1 cm³/mol. The Balaban J connectivity index is 1.67. The standard InChI is InChI=1S/C17H15N7O/c1-11-4-5-12(14-10-24-7-3-6-18-17(24)20-14)8-13(11)19-16(25)15-9-23(2)22-21-15/h3-10H,1-2H3,(H,19,25). The molecule has 0 fully saturated rings. The summed E-state index contributed by atoms with van der Waals surface area (Å²) in [6, 6.07) is 7.65. The SMILES string of the molecule is Cc1ccc(-c2cn3cccnc3n2)cc1NC(=O)c1cn(C)nn1. The topological polar surface area (TPSA) is 90.0 Å². The quantitative estimate of drug-likeness (QED) is 0.620. The van der Waals surface area contributed by atoms with E-state index in [0.29, 0.717) is 11.5 Å². The largest absolute Gasteiger partial charge is 0.320 e. The third-order valence-corrected chi connectivity index (χ3v) is 3.85. The number of nitrogens with zero attached hydrogens (tertiary/aromatic N) is 6. The number of amides is 1. The summed E-state index contributed by atoms with van der Waals surface area (Å²) >= 11 is 0. The number of aryl methyl sites for hydroxylation is 2. The van der Waals surface area contributed by atoms with Gasteiger partial charge in [0.05, 0.1) is 11.9 Å². The maximum atomic E-state index is 12.3. The third-order valence-electron chi connectivity index (χ3n) is 3.85. The van der Waals surface area contributed by atoms with Gasteiger partial charge in [0.15, 0.2) is 5.69 Å². The van der Waals surface area contributed by atoms with E-state index in [1.54, 1.807) is 19.4 Å². The number of rotatable bonds is 3. The molecule has 4 rings (SSSR count). The Morgan fingerprint density at radius 3 is 2.88 bits per heavy atom. The lowest BCUT2D eigenvalue weighted by atomic mass is 10.1. The molecule has 1 amide bonds. The lowest BCUT2D eigenvalue weighted by Gasteiger charge is -2.08. The van der Waals surface area contributed by atoms with E-state index in [1.807, 2.05) is 48.0 Å². The predicted octanol–water partition coefficient (Wildman–Crippen LogP) is 2.09. The summed E-state index contributed by atoms with van der Waals surface area (Å²) in [6.07, 6.45) is 7.07. The fourth-order valence-electron chi connectivity index (χ4n) is 2.52. The van der Waals surface area contributed by atoms with Crippen molar-refractivity contribution in [2.75, 3.05) is 5.32 Å². The number of imidazole rings is 1. The molecule has 0 aliphatic rings. The fourth-order valence-corrected chi connectivity index (χ4v) is 2.52. The van der Waals surface area contributed by atoms with Crippen LogP contribution in [0, 0.1) is 6.92 Å². The number of nitrogens with one attached hydrogen (secondary N) is 1. The summed E-state index contributed by atoms with van der Waals surface area (Å²) in [7, 11) is 1.72. The Kier molecular flexibility index (Phi) is 3.50. The van der Waals surface area contributed by atoms with Gasteiger partial charge in [-0.15, -0.1) is 5.10 Å². The molecule has 0 aliphatic carbocycles. The smallest absolute Gasteiger partial charge is 0.277 e. The summed E-state index contributed by atoms with van der Waals surface area (Å²) in [5.74, 6) is 0.327. The number of fused-ring (bicyclic) bond motifs is 1. The molecule has 0 saturated carbocycles. The lowest BCUT2D eigenvalue weighted by molar-refractivity contribution is 0.102. The monoisotopic (exact) mass is 333 g/mol. The van der Waals surface area contributed by atoms with Gasteiger partial charge in [0.1, 0.15) is 0 Å². The normalized spacial score (nSPS) is 11.0. The number of carbonyl (C=O) groups is 1. The first-order valence-electron chi connectivity index (χ1n) is 7.68. The van der Waals surface area contributed by atoms with Crippen molar-refractivity contribution in [2.24, 2.45) is 7.05 Å². The van der Waals surface area contributed by atoms with Crippen molar-refractivity contribution in [2.45, 2.75) is 6.92 Å². The molecule has 1 N–H and O–H groups in total. The van der Waals surface area contributed by atoms with Crippen LogP contribution < -0.4 is 5.32 Å². The van der Waals surface area contributed by atoms with E-state index < -0.39 is 0 Å². The molecule has 3 heterocycles. The number of carbonyl (C=O) groups excluding carboxylic acids is 1. The van der Waals surface area contributed by atoms with Gasteiger partial charge in [-0.2, -0.15) is 0 Å². The molecule has 4 aromatic rings. The first-order chi connectivity index (χ1) is 12.1. The number of hydrogen-bond donors (Lipinski definition) is 1. The van der Waals surface area contributed by atoms with Gasteiger partial charge in [0.25, 0.3) is 5.91 Å². The minimum absolute atomic E-state index is 0.268. The summed E-state index contributed by atoms with van der Waals surface area (Å²) in [6.45, 7) is 1.93. The molecule has 0 saturated heterocycles. The van der Waals surface area contributed by atoms with Gasteiger partial charge in [-0.3, -0.25) is 13.9 Å². The average Bonchev–Trinajstić information content (AvgIpc) is 3.23. The van der Waals surface area contributed by atoms with Crippen LogP contribution in [0.15, 0.2) is 49.1 Å². The maximum Gasteiger partial charge on any atom is 0.277 e. The zero-order valence-corrected chi connectivity index (χ0v) is 13.7. The molecule has 3 aromatic heterocycles. The Morgan fingerprint density at radius 1 is 1.24 bits per heavy atom. The molecule has 0 radical (unpaired) electrons. The van der Waals surface area contributed by atoms with Crippen molar-refractivity contribution in [3.63, 3.8) is 0 Å². The van der Waals surface area contributed by atoms with Crippen LogP contribution in [0.1, 0.15) is 16.1 Å². The minimum Gasteiger partial charge on any atom is -0.320 e. The van der Waals surface area contributed by atoms with Crippen LogP contribution in [-0.2, 0) is 7.05 Å². The Hall–Kier alpha value is -3.55. The molecule has 0 unspecified atom stereocenters. The van der Waals surface area contributed by atoms with E-state index in [0.717, 1.165) is 16.8 Å². The van der Waals surface area contributed by atoms with Gasteiger partial charge in [-0.25, -0.2) is 9.97 Å². The molecule has 8 nitrogen and oxygen atoms in total. The minimum atomic E-state index is -0.301. The molecule has 0 bridgehead atoms. The summed E-state index contributed by atoms with van der Waals surface area (Å²) in [5.41, 5.74) is 3.60. The Labute approximate surface area is 143 Å². The summed E-state index contributed by atoms with van der Waals surface area (Å²) in [4.78, 5) is 21.0. The molecule has 0 atom stereocenters. The van der Waals surface area contributed by atoms with Crippen molar-refractivity contribution in [1.82, 2.24) is 29.4 Å². The number of aromatic nitrogens is 6. The van der Waals surface area contributed by atoms with E-state index >= 15 is 0 Å². The van der Waals surface area contributed by atoms with E-state index in [4.69, 9.17) is 0 Å². The van der Waals surface area contributed by atoms with Gasteiger partial charge in [-0.1, -0.05) is 17.3 Å². The highest BCUT2D eigenvalue weighted by Gasteiger charge is 2.13. The van der Waals surface area contributed by atoms with Crippen LogP contribution in [0.3, 0.4) is 0 Å². The van der Waals surface area contributed by atoms with Crippen LogP contribution >= 0.6 is 0 Å². The van der Waals surface area contributed by atoms with Crippen molar-refractivity contribution in [1.29, 1.82) is 0 Å². The second-order valence-corrected chi connectivity index (χ2v) is 5.71. The van der Waals surface area contributed by atoms with Crippen LogP contribution in [-0.4, -0.2) is 35.3 Å². The zero-order chi connectivity index (χ0) is 17.4. The number of benzene rings is 1. The van der Waals surface area contributed by atoms with Gasteiger partial charge in [0.2, 0.25) is 5.78 Å². The van der Waals surface area contributed by atoms with Crippen LogP contribution in [0.2, 0.25) is 0 Å². The van der Waals surface area contributed by atoms with Crippen LogP contribution in [0.25, 0.3) is 17.0 Å². The highest BCUT2D eigenvalue weighted by Crippen LogP contribution is 2.25. The Bertz CT molecular complexity index is 1050. The van der Waals surface area contributed by atoms with Crippen molar-refractivity contribution >= 4 is 17.4 Å². The highest BCUT2D eigenvalue weighted by atomic mass is 16.2. The third kappa shape index (κ3) is 2.85. The highest BCUT2D eigenvalue weighted by molar-refractivity contribution is 6.03. The summed E-state index contributed by atoms with van der Waals surface area (Å²) < 4.78 is 3.34. The first kappa shape index (κ1) is 15.0. The van der Waals surface area contributed by atoms with Gasteiger partial charge in [-0.05, 0) is 24.6 Å². The molecule has 124 valence electrons. The van der Waals surface area contributed by atoms with Crippen LogP contribution in [0.4, 0.5) is 5.69 Å². The summed E-state index contributed by atoms with van der Waals surface area (Å²) in [5, 5.41) is 10.5. The molecular formula is C17H15N7O. The van der Waals surface area contributed by atoms with Crippen molar-refractivity contribution < 1.29 is 4.79 Å². The number of hydrogen-bond acceptors (Lipinski definition) is 5. The van der Waals surface area contributed by atoms with E-state index in [9.17, 15) is 4.79 Å². The van der Waals surface area contributed by atoms with Crippen molar-refractivity contribution in [3.05, 3.63) is 60.3 Å². The fraction of sp³-hybridized carbons (Fsp3) is 0.118. The zero-order valence-electron chi connectivity index (χ0n) is 13.7. The number of anilines is 1. The van der Waals surface area contributed by atoms with E-state index in [2.05, 4.69) is 25.6 Å². The second-order valence-electron chi connectivity index (χ2n) is 5.71. The molecule has 0 spiro atoms. The van der Waals surface area contributed by atoms with Gasteiger partial charge in [0, 0.05) is 36.9 Å². The average molecular weight is 333 g/mol. The molecule has 8 heteroatoms. The Morgan fingerprint density at radius 2 is 2.12 bits per heavy atom. The molecule has 1 aromatic carbocycles. The maximum absolute atomic E-state index is 12.3. The van der Waals surface area contributed by atoms with Crippen LogP contribution in [0.5, 0.6) is 0 Å². The molecule has 0 aliphatic heterocycles.